The highest BCUT2D eigenvalue weighted by Gasteiger charge is 2.22. The molecule has 0 aromatic heterocycles. The molecule has 1 fully saturated rings. The summed E-state index contributed by atoms with van der Waals surface area (Å²) < 4.78 is 14.4. The number of nitrogens with one attached hydrogen (secondary N) is 1. The predicted octanol–water partition coefficient (Wildman–Crippen LogP) is 4.82. The molecule has 4 nitrogen and oxygen atoms in total. The lowest BCUT2D eigenvalue weighted by atomic mass is 10.1. The van der Waals surface area contributed by atoms with Gasteiger partial charge in [0.25, 0.3) is 0 Å². The second-order valence-corrected chi connectivity index (χ2v) is 7.86. The number of Topliss-reactive ketones (excluding diaryl/α,β-unsaturated/α-hetero) is 1. The number of thiocarbonyl (C=S) groups is 1. The molecule has 2 aromatic rings. The van der Waals surface area contributed by atoms with E-state index in [-0.39, 0.29) is 11.6 Å². The van der Waals surface area contributed by atoms with Crippen LogP contribution >= 0.6 is 23.8 Å². The van der Waals surface area contributed by atoms with E-state index in [2.05, 4.69) is 16.3 Å². The lowest BCUT2D eigenvalue weighted by molar-refractivity contribution is 0.101. The van der Waals surface area contributed by atoms with Crippen molar-refractivity contribution < 1.29 is 9.18 Å². The number of hydrogen-bond acceptors (Lipinski definition) is 3. The summed E-state index contributed by atoms with van der Waals surface area (Å²) in [5.74, 6) is -0.513. The van der Waals surface area contributed by atoms with Gasteiger partial charge in [0.1, 0.15) is 5.82 Å². The van der Waals surface area contributed by atoms with Gasteiger partial charge in [-0.1, -0.05) is 17.7 Å². The van der Waals surface area contributed by atoms with Crippen molar-refractivity contribution in [3.63, 3.8) is 0 Å². The highest BCUT2D eigenvalue weighted by atomic mass is 35.5. The first-order valence-corrected chi connectivity index (χ1v) is 9.93. The summed E-state index contributed by atoms with van der Waals surface area (Å²) in [7, 11) is 0. The van der Waals surface area contributed by atoms with Gasteiger partial charge in [-0.25, -0.2) is 4.39 Å². The van der Waals surface area contributed by atoms with Crippen LogP contribution in [0.4, 0.5) is 15.8 Å². The minimum Gasteiger partial charge on any atom is -0.366 e. The van der Waals surface area contributed by atoms with Crippen molar-refractivity contribution in [2.24, 2.45) is 0 Å². The standard InChI is InChI=1S/C21H23ClFN3OS/c1-13-10-14(2)20(17(22)11-13)24-21(28)26-8-6-25(7-9-26)19-5-4-16(15(3)27)12-18(19)23/h4-5,10-12H,6-9H2,1-3H3,(H,24,28). The lowest BCUT2D eigenvalue weighted by Gasteiger charge is -2.37. The summed E-state index contributed by atoms with van der Waals surface area (Å²) in [6, 6.07) is 8.61. The molecule has 1 saturated heterocycles. The van der Waals surface area contributed by atoms with E-state index in [4.69, 9.17) is 23.8 Å². The van der Waals surface area contributed by atoms with Crippen molar-refractivity contribution in [2.75, 3.05) is 36.4 Å². The van der Waals surface area contributed by atoms with E-state index in [9.17, 15) is 9.18 Å². The maximum atomic E-state index is 14.4. The minimum atomic E-state index is -0.371. The molecule has 0 aliphatic carbocycles. The average molecular weight is 420 g/mol. The number of hydrogen-bond donors (Lipinski definition) is 1. The molecule has 7 heteroatoms. The Morgan fingerprint density at radius 2 is 1.82 bits per heavy atom. The van der Waals surface area contributed by atoms with Crippen molar-refractivity contribution in [1.82, 2.24) is 4.90 Å². The maximum Gasteiger partial charge on any atom is 0.173 e. The second-order valence-electron chi connectivity index (χ2n) is 7.07. The van der Waals surface area contributed by atoms with Crippen LogP contribution in [0.3, 0.4) is 0 Å². The molecule has 1 N–H and O–H groups in total. The molecule has 0 radical (unpaired) electrons. The molecule has 28 heavy (non-hydrogen) atoms. The Morgan fingerprint density at radius 3 is 2.39 bits per heavy atom. The monoisotopic (exact) mass is 419 g/mol. The molecule has 0 unspecified atom stereocenters. The summed E-state index contributed by atoms with van der Waals surface area (Å²) in [5, 5.41) is 4.51. The van der Waals surface area contributed by atoms with E-state index >= 15 is 0 Å². The molecule has 3 rings (SSSR count). The van der Waals surface area contributed by atoms with E-state index in [0.717, 1.165) is 16.8 Å². The Kier molecular flexibility index (Phi) is 6.20. The van der Waals surface area contributed by atoms with Crippen molar-refractivity contribution in [1.29, 1.82) is 0 Å². The van der Waals surface area contributed by atoms with Crippen LogP contribution in [0.5, 0.6) is 0 Å². The normalized spacial score (nSPS) is 14.2. The van der Waals surface area contributed by atoms with Gasteiger partial charge in [0.15, 0.2) is 10.9 Å². The van der Waals surface area contributed by atoms with Crippen LogP contribution in [-0.4, -0.2) is 42.0 Å². The van der Waals surface area contributed by atoms with E-state index in [1.54, 1.807) is 12.1 Å². The van der Waals surface area contributed by atoms with Gasteiger partial charge < -0.3 is 15.1 Å². The molecule has 1 aliphatic rings. The fourth-order valence-electron chi connectivity index (χ4n) is 3.39. The van der Waals surface area contributed by atoms with Crippen LogP contribution < -0.4 is 10.2 Å². The van der Waals surface area contributed by atoms with Crippen molar-refractivity contribution in [3.05, 3.63) is 57.9 Å². The third-order valence-corrected chi connectivity index (χ3v) is 5.58. The summed E-state index contributed by atoms with van der Waals surface area (Å²) in [5.41, 5.74) is 3.87. The Labute approximate surface area is 175 Å². The van der Waals surface area contributed by atoms with Gasteiger partial charge in [0, 0.05) is 31.7 Å². The molecule has 148 valence electrons. The zero-order chi connectivity index (χ0) is 20.4. The predicted molar refractivity (Wildman–Crippen MR) is 117 cm³/mol. The van der Waals surface area contributed by atoms with Crippen LogP contribution in [-0.2, 0) is 0 Å². The Morgan fingerprint density at radius 1 is 1.14 bits per heavy atom. The summed E-state index contributed by atoms with van der Waals surface area (Å²) >= 11 is 11.9. The first-order valence-electron chi connectivity index (χ1n) is 9.14. The molecule has 0 amide bonds. The van der Waals surface area contributed by atoms with Crippen molar-refractivity contribution >= 4 is 46.1 Å². The SMILES string of the molecule is CC(=O)c1ccc(N2CCN(C(=S)Nc3c(C)cc(C)cc3Cl)CC2)c(F)c1. The largest absolute Gasteiger partial charge is 0.366 e. The first kappa shape index (κ1) is 20.6. The summed E-state index contributed by atoms with van der Waals surface area (Å²) in [4.78, 5) is 15.4. The highest BCUT2D eigenvalue weighted by Crippen LogP contribution is 2.28. The lowest BCUT2D eigenvalue weighted by Crippen LogP contribution is -2.50. The van der Waals surface area contributed by atoms with Gasteiger partial charge in [0.05, 0.1) is 16.4 Å². The van der Waals surface area contributed by atoms with Gasteiger partial charge in [-0.2, -0.15) is 0 Å². The van der Waals surface area contributed by atoms with E-state index in [1.165, 1.54) is 13.0 Å². The summed E-state index contributed by atoms with van der Waals surface area (Å²) in [6.45, 7) is 8.04. The molecule has 1 aliphatic heterocycles. The first-order chi connectivity index (χ1) is 13.3. The fourth-order valence-corrected chi connectivity index (χ4v) is 4.05. The van der Waals surface area contributed by atoms with E-state index < -0.39 is 0 Å². The number of rotatable bonds is 3. The maximum absolute atomic E-state index is 14.4. The van der Waals surface area contributed by atoms with Crippen LogP contribution in [0.1, 0.15) is 28.4 Å². The third kappa shape index (κ3) is 4.45. The topological polar surface area (TPSA) is 35.6 Å². The number of anilines is 2. The average Bonchev–Trinajstić information content (AvgIpc) is 2.64. The number of halogens is 2. The van der Waals surface area contributed by atoms with Crippen LogP contribution in [0, 0.1) is 19.7 Å². The van der Waals surface area contributed by atoms with Gasteiger partial charge in [-0.3, -0.25) is 4.79 Å². The minimum absolute atomic E-state index is 0.142. The molecular formula is C21H23ClFN3OS. The number of aryl methyl sites for hydroxylation is 2. The third-order valence-electron chi connectivity index (χ3n) is 4.93. The fraction of sp³-hybridized carbons (Fsp3) is 0.333. The number of carbonyl (C=O) groups excluding carboxylic acids is 1. The van der Waals surface area contributed by atoms with Crippen LogP contribution in [0.15, 0.2) is 30.3 Å². The van der Waals surface area contributed by atoms with Crippen molar-refractivity contribution in [2.45, 2.75) is 20.8 Å². The molecule has 0 atom stereocenters. The molecule has 0 spiro atoms. The highest BCUT2D eigenvalue weighted by molar-refractivity contribution is 7.80. The number of benzene rings is 2. The molecule has 2 aromatic carbocycles. The zero-order valence-electron chi connectivity index (χ0n) is 16.2. The smallest absolute Gasteiger partial charge is 0.173 e. The quantitative estimate of drug-likeness (QED) is 0.570. The molecule has 1 heterocycles. The number of carbonyl (C=O) groups is 1. The second kappa shape index (κ2) is 8.45. The molecule has 0 bridgehead atoms. The molecular weight excluding hydrogens is 397 g/mol. The van der Waals surface area contributed by atoms with Crippen LogP contribution in [0.25, 0.3) is 0 Å². The molecule has 0 saturated carbocycles. The Bertz CT molecular complexity index is 903. The van der Waals surface area contributed by atoms with Crippen molar-refractivity contribution in [3.8, 4) is 0 Å². The van der Waals surface area contributed by atoms with E-state index in [1.807, 2.05) is 24.8 Å². The van der Waals surface area contributed by atoms with Gasteiger partial charge in [0.2, 0.25) is 0 Å². The van der Waals surface area contributed by atoms with Gasteiger partial charge in [-0.05, 0) is 68.4 Å². The zero-order valence-corrected chi connectivity index (χ0v) is 17.8. The van der Waals surface area contributed by atoms with Gasteiger partial charge in [-0.15, -0.1) is 0 Å². The number of ketones is 1. The van der Waals surface area contributed by atoms with E-state index in [0.29, 0.717) is 47.6 Å². The number of piperazine rings is 1. The number of nitrogens with zero attached hydrogens (tertiary/aromatic N) is 2. The Hall–Kier alpha value is -2.18. The Balaban J connectivity index is 1.64. The van der Waals surface area contributed by atoms with Gasteiger partial charge >= 0.3 is 0 Å². The summed E-state index contributed by atoms with van der Waals surface area (Å²) in [6.07, 6.45) is 0. The van der Waals surface area contributed by atoms with Crippen LogP contribution in [0.2, 0.25) is 5.02 Å².